The molecule has 4 fully saturated rings. The molecule has 0 aliphatic heterocycles. The molecule has 4 aliphatic rings. The predicted octanol–water partition coefficient (Wildman–Crippen LogP) is 4.15. The molecule has 0 spiro atoms. The Morgan fingerprint density at radius 2 is 0.676 bits per heavy atom. The molecule has 9 heteroatoms. The number of rotatable bonds is 3. The molecule has 7 rings (SSSR count). The fourth-order valence-corrected chi connectivity index (χ4v) is 8.33. The van der Waals surface area contributed by atoms with Crippen LogP contribution in [0, 0.1) is 5.92 Å². The first-order chi connectivity index (χ1) is 17.4. The van der Waals surface area contributed by atoms with E-state index < -0.39 is 68.0 Å². The largest absolute Gasteiger partial charge is 0.504 e. The summed E-state index contributed by atoms with van der Waals surface area (Å²) in [4.78, 5) is 0. The lowest BCUT2D eigenvalue weighted by molar-refractivity contribution is -0.0517. The highest BCUT2D eigenvalue weighted by Gasteiger charge is 2.66. The Labute approximate surface area is 211 Å². The van der Waals surface area contributed by atoms with E-state index in [0.29, 0.717) is 55.2 Å². The zero-order chi connectivity index (χ0) is 26.5. The molecule has 37 heavy (non-hydrogen) atoms. The SMILES string of the molecule is Oc1ccc(C23CC4CC(c5ccc(O)c(O)c5O)(C2)CC(c2ccc(O)c(O)c2O)(C4)C3)c(O)c1O. The zero-order valence-corrected chi connectivity index (χ0v) is 19.8. The van der Waals surface area contributed by atoms with Gasteiger partial charge >= 0.3 is 0 Å². The van der Waals surface area contributed by atoms with Gasteiger partial charge in [-0.05, 0) is 62.6 Å². The molecule has 9 N–H and O–H groups in total. The second-order valence-electron chi connectivity index (χ2n) is 11.3. The van der Waals surface area contributed by atoms with Gasteiger partial charge in [-0.3, -0.25) is 0 Å². The molecule has 0 aromatic heterocycles. The van der Waals surface area contributed by atoms with Crippen molar-refractivity contribution in [2.24, 2.45) is 5.92 Å². The molecule has 0 radical (unpaired) electrons. The average Bonchev–Trinajstić information content (AvgIpc) is 2.83. The molecule has 0 saturated heterocycles. The standard InChI is InChI=1S/C28H28O9/c29-17-4-1-14(20(32)23(17)35)26-7-13-8-27(10-26,15-2-5-18(30)24(36)21(15)33)12-28(9-13,11-26)16-3-6-19(31)25(37)22(16)34/h1-6,13,29-37H,7-12H2. The minimum Gasteiger partial charge on any atom is -0.504 e. The average molecular weight is 509 g/mol. The zero-order valence-electron chi connectivity index (χ0n) is 19.8. The van der Waals surface area contributed by atoms with Gasteiger partial charge in [0.1, 0.15) is 0 Å². The van der Waals surface area contributed by atoms with E-state index in [-0.39, 0.29) is 5.92 Å². The lowest BCUT2D eigenvalue weighted by atomic mass is 9.36. The monoisotopic (exact) mass is 508 g/mol. The summed E-state index contributed by atoms with van der Waals surface area (Å²) in [5, 5.41) is 93.9. The van der Waals surface area contributed by atoms with Gasteiger partial charge in [0.25, 0.3) is 0 Å². The fraction of sp³-hybridized carbons (Fsp3) is 0.357. The Hall–Kier alpha value is -4.14. The Morgan fingerprint density at radius 3 is 0.946 bits per heavy atom. The molecule has 9 nitrogen and oxygen atoms in total. The van der Waals surface area contributed by atoms with Gasteiger partial charge < -0.3 is 46.0 Å². The van der Waals surface area contributed by atoms with Crippen molar-refractivity contribution in [2.75, 3.05) is 0 Å². The highest BCUT2D eigenvalue weighted by molar-refractivity contribution is 5.62. The van der Waals surface area contributed by atoms with Crippen LogP contribution in [0.15, 0.2) is 36.4 Å². The van der Waals surface area contributed by atoms with Crippen LogP contribution in [0.2, 0.25) is 0 Å². The molecular weight excluding hydrogens is 480 g/mol. The van der Waals surface area contributed by atoms with Crippen molar-refractivity contribution in [3.8, 4) is 51.7 Å². The van der Waals surface area contributed by atoms with Crippen molar-refractivity contribution >= 4 is 0 Å². The summed E-state index contributed by atoms with van der Waals surface area (Å²) in [6, 6.07) is 8.66. The van der Waals surface area contributed by atoms with Crippen LogP contribution in [0.3, 0.4) is 0 Å². The van der Waals surface area contributed by atoms with Crippen LogP contribution < -0.4 is 0 Å². The van der Waals surface area contributed by atoms with Gasteiger partial charge in [-0.1, -0.05) is 18.2 Å². The summed E-state index contributed by atoms with van der Waals surface area (Å²) in [6.45, 7) is 0. The van der Waals surface area contributed by atoms with Gasteiger partial charge in [-0.2, -0.15) is 0 Å². The van der Waals surface area contributed by atoms with Gasteiger partial charge in [-0.25, -0.2) is 0 Å². The molecule has 4 bridgehead atoms. The maximum absolute atomic E-state index is 11.0. The van der Waals surface area contributed by atoms with Crippen molar-refractivity contribution < 1.29 is 46.0 Å². The highest BCUT2D eigenvalue weighted by Crippen LogP contribution is 2.73. The first kappa shape index (κ1) is 23.3. The Balaban J connectivity index is 1.63. The Kier molecular flexibility index (Phi) is 4.54. The lowest BCUT2D eigenvalue weighted by Gasteiger charge is -2.67. The summed E-state index contributed by atoms with van der Waals surface area (Å²) in [5.74, 6) is -4.58. The summed E-state index contributed by atoms with van der Waals surface area (Å²) in [6.07, 6.45) is 3.13. The molecule has 0 amide bonds. The molecule has 3 aromatic carbocycles. The third-order valence-corrected chi connectivity index (χ3v) is 9.17. The van der Waals surface area contributed by atoms with Gasteiger partial charge in [-0.15, -0.1) is 0 Å². The quantitative estimate of drug-likeness (QED) is 0.235. The highest BCUT2D eigenvalue weighted by atomic mass is 16.3. The third kappa shape index (κ3) is 2.97. The van der Waals surface area contributed by atoms with E-state index in [1.807, 2.05) is 0 Å². The molecule has 0 heterocycles. The summed E-state index contributed by atoms with van der Waals surface area (Å²) in [5.41, 5.74) is -1.04. The molecule has 194 valence electrons. The topological polar surface area (TPSA) is 182 Å². The number of phenols is 9. The first-order valence-corrected chi connectivity index (χ1v) is 12.2. The van der Waals surface area contributed by atoms with Crippen LogP contribution in [0.25, 0.3) is 0 Å². The lowest BCUT2D eigenvalue weighted by Crippen LogP contribution is -2.62. The molecule has 0 atom stereocenters. The Morgan fingerprint density at radius 1 is 0.405 bits per heavy atom. The normalized spacial score (nSPS) is 30.0. The van der Waals surface area contributed by atoms with Crippen molar-refractivity contribution in [2.45, 2.75) is 54.8 Å². The van der Waals surface area contributed by atoms with E-state index in [4.69, 9.17) is 0 Å². The van der Waals surface area contributed by atoms with Crippen LogP contribution in [-0.4, -0.2) is 46.0 Å². The third-order valence-electron chi connectivity index (χ3n) is 9.17. The number of hydrogen-bond acceptors (Lipinski definition) is 9. The van der Waals surface area contributed by atoms with E-state index in [1.165, 1.54) is 18.2 Å². The van der Waals surface area contributed by atoms with Crippen molar-refractivity contribution in [3.05, 3.63) is 53.1 Å². The first-order valence-electron chi connectivity index (χ1n) is 12.2. The molecule has 0 unspecified atom stereocenters. The van der Waals surface area contributed by atoms with Gasteiger partial charge in [0, 0.05) is 32.9 Å². The molecule has 4 saturated carbocycles. The van der Waals surface area contributed by atoms with Gasteiger partial charge in [0.2, 0.25) is 17.2 Å². The Bertz CT molecular complexity index is 1280. The van der Waals surface area contributed by atoms with E-state index in [1.54, 1.807) is 18.2 Å². The maximum Gasteiger partial charge on any atom is 0.200 e. The molecule has 3 aromatic rings. The number of hydrogen-bond donors (Lipinski definition) is 9. The van der Waals surface area contributed by atoms with E-state index in [0.717, 1.165) is 0 Å². The molecule has 4 aliphatic carbocycles. The minimum atomic E-state index is -0.769. The summed E-state index contributed by atoms with van der Waals surface area (Å²) in [7, 11) is 0. The smallest absolute Gasteiger partial charge is 0.200 e. The predicted molar refractivity (Wildman–Crippen MR) is 131 cm³/mol. The van der Waals surface area contributed by atoms with Crippen LogP contribution in [0.1, 0.15) is 55.2 Å². The van der Waals surface area contributed by atoms with Crippen LogP contribution in [0.5, 0.6) is 51.7 Å². The van der Waals surface area contributed by atoms with E-state index in [2.05, 4.69) is 0 Å². The van der Waals surface area contributed by atoms with Crippen LogP contribution in [0.4, 0.5) is 0 Å². The van der Waals surface area contributed by atoms with E-state index in [9.17, 15) is 46.0 Å². The fourth-order valence-electron chi connectivity index (χ4n) is 8.33. The summed E-state index contributed by atoms with van der Waals surface area (Å²) < 4.78 is 0. The second kappa shape index (κ2) is 7.21. The van der Waals surface area contributed by atoms with Crippen molar-refractivity contribution in [1.82, 2.24) is 0 Å². The van der Waals surface area contributed by atoms with E-state index >= 15 is 0 Å². The van der Waals surface area contributed by atoms with Crippen molar-refractivity contribution in [3.63, 3.8) is 0 Å². The minimum absolute atomic E-state index is 0.0253. The maximum atomic E-state index is 11.0. The van der Waals surface area contributed by atoms with Crippen molar-refractivity contribution in [1.29, 1.82) is 0 Å². The number of phenolic OH excluding ortho intramolecular Hbond substituents is 9. The number of benzene rings is 3. The van der Waals surface area contributed by atoms with Crippen LogP contribution >= 0.6 is 0 Å². The second-order valence-corrected chi connectivity index (χ2v) is 11.3. The summed E-state index contributed by atoms with van der Waals surface area (Å²) >= 11 is 0. The van der Waals surface area contributed by atoms with Gasteiger partial charge in [0.05, 0.1) is 0 Å². The molecular formula is C28H28O9. The van der Waals surface area contributed by atoms with Gasteiger partial charge in [0.15, 0.2) is 34.5 Å². The number of aromatic hydroxyl groups is 9. The van der Waals surface area contributed by atoms with Crippen LogP contribution in [-0.2, 0) is 16.2 Å².